The van der Waals surface area contributed by atoms with E-state index >= 15 is 0 Å². The maximum Gasteiger partial charge on any atom is 0.237 e. The van der Waals surface area contributed by atoms with Gasteiger partial charge >= 0.3 is 0 Å². The number of pyridine rings is 1. The molecule has 0 unspecified atom stereocenters. The van der Waals surface area contributed by atoms with Crippen LogP contribution in [0.15, 0.2) is 12.3 Å². The summed E-state index contributed by atoms with van der Waals surface area (Å²) in [6.45, 7) is 5.93. The normalized spacial score (nSPS) is 14.7. The molecular formula is C10H14N2O. The van der Waals surface area contributed by atoms with E-state index in [1.54, 1.807) is 6.20 Å². The molecule has 1 aliphatic rings. The fourth-order valence-electron chi connectivity index (χ4n) is 1.55. The number of anilines is 1. The molecule has 1 aromatic rings. The molecule has 2 heterocycles. The molecule has 0 saturated carbocycles. The number of hydrogen-bond acceptors (Lipinski definition) is 3. The van der Waals surface area contributed by atoms with Gasteiger partial charge in [-0.2, -0.15) is 0 Å². The van der Waals surface area contributed by atoms with Crippen molar-refractivity contribution in [3.63, 3.8) is 0 Å². The summed E-state index contributed by atoms with van der Waals surface area (Å²) in [7, 11) is 0. The first-order valence-electron chi connectivity index (χ1n) is 4.64. The van der Waals surface area contributed by atoms with Crippen molar-refractivity contribution >= 4 is 5.69 Å². The molecule has 0 amide bonds. The van der Waals surface area contributed by atoms with Crippen LogP contribution in [0, 0.1) is 0 Å². The predicted molar refractivity (Wildman–Crippen MR) is 52.3 cm³/mol. The Bertz CT molecular complexity index is 310. The molecule has 2 rings (SSSR count). The highest BCUT2D eigenvalue weighted by Gasteiger charge is 2.16. The van der Waals surface area contributed by atoms with Crippen molar-refractivity contribution in [2.75, 3.05) is 18.5 Å². The van der Waals surface area contributed by atoms with Crippen molar-refractivity contribution in [3.05, 3.63) is 17.8 Å². The van der Waals surface area contributed by atoms with Crippen LogP contribution < -0.4 is 10.1 Å². The lowest BCUT2D eigenvalue weighted by atomic mass is 10.0. The van der Waals surface area contributed by atoms with Crippen LogP contribution in [0.4, 0.5) is 5.69 Å². The van der Waals surface area contributed by atoms with Gasteiger partial charge in [0.05, 0.1) is 0 Å². The summed E-state index contributed by atoms with van der Waals surface area (Å²) < 4.78 is 5.44. The van der Waals surface area contributed by atoms with Crippen molar-refractivity contribution in [1.29, 1.82) is 0 Å². The van der Waals surface area contributed by atoms with Gasteiger partial charge in [-0.1, -0.05) is 13.8 Å². The molecule has 1 N–H and O–H groups in total. The minimum absolute atomic E-state index is 0.506. The molecule has 0 spiro atoms. The lowest BCUT2D eigenvalue weighted by molar-refractivity contribution is 0.309. The molecule has 70 valence electrons. The molecule has 0 fully saturated rings. The maximum atomic E-state index is 5.44. The van der Waals surface area contributed by atoms with Crippen LogP contribution >= 0.6 is 0 Å². The summed E-state index contributed by atoms with van der Waals surface area (Å²) in [5.41, 5.74) is 2.36. The number of aromatic nitrogens is 1. The average molecular weight is 178 g/mol. The highest BCUT2D eigenvalue weighted by molar-refractivity contribution is 5.60. The Morgan fingerprint density at radius 1 is 1.54 bits per heavy atom. The molecule has 3 nitrogen and oxygen atoms in total. The van der Waals surface area contributed by atoms with Crippen LogP contribution in [0.25, 0.3) is 0 Å². The topological polar surface area (TPSA) is 34.2 Å². The first-order valence-corrected chi connectivity index (χ1v) is 4.64. The minimum atomic E-state index is 0.506. The van der Waals surface area contributed by atoms with E-state index in [0.29, 0.717) is 12.5 Å². The molecule has 0 aromatic carbocycles. The average Bonchev–Trinajstić information content (AvgIpc) is 2.17. The first-order chi connectivity index (χ1) is 6.29. The third-order valence-electron chi connectivity index (χ3n) is 2.21. The lowest BCUT2D eigenvalue weighted by Crippen LogP contribution is -2.20. The van der Waals surface area contributed by atoms with E-state index in [-0.39, 0.29) is 0 Å². The molecule has 0 atom stereocenters. The van der Waals surface area contributed by atoms with Crippen LogP contribution in [0.5, 0.6) is 5.88 Å². The Kier molecular flexibility index (Phi) is 2.08. The van der Waals surface area contributed by atoms with Crippen LogP contribution in [0.1, 0.15) is 25.3 Å². The van der Waals surface area contributed by atoms with E-state index in [2.05, 4.69) is 24.1 Å². The third kappa shape index (κ3) is 1.46. The fraction of sp³-hybridized carbons (Fsp3) is 0.500. The molecular weight excluding hydrogens is 164 g/mol. The smallest absolute Gasteiger partial charge is 0.237 e. The van der Waals surface area contributed by atoms with Crippen LogP contribution in [0.2, 0.25) is 0 Å². The van der Waals surface area contributed by atoms with E-state index < -0.39 is 0 Å². The van der Waals surface area contributed by atoms with Gasteiger partial charge in [-0.15, -0.1) is 0 Å². The Balaban J connectivity index is 2.46. The van der Waals surface area contributed by atoms with Gasteiger partial charge in [-0.05, 0) is 17.5 Å². The monoisotopic (exact) mass is 178 g/mol. The zero-order valence-electron chi connectivity index (χ0n) is 8.00. The summed E-state index contributed by atoms with van der Waals surface area (Å²) in [5.74, 6) is 1.25. The summed E-state index contributed by atoms with van der Waals surface area (Å²) in [6.07, 6.45) is 1.81. The Morgan fingerprint density at radius 3 is 3.15 bits per heavy atom. The summed E-state index contributed by atoms with van der Waals surface area (Å²) in [4.78, 5) is 4.18. The molecule has 0 bridgehead atoms. The fourth-order valence-corrected chi connectivity index (χ4v) is 1.55. The van der Waals surface area contributed by atoms with Crippen molar-refractivity contribution in [2.45, 2.75) is 19.8 Å². The van der Waals surface area contributed by atoms with E-state index in [1.165, 1.54) is 5.56 Å². The second-order valence-electron chi connectivity index (χ2n) is 3.51. The van der Waals surface area contributed by atoms with Gasteiger partial charge in [0.25, 0.3) is 0 Å². The molecule has 0 saturated heterocycles. The Morgan fingerprint density at radius 2 is 2.38 bits per heavy atom. The number of fused-ring (bicyclic) bond motifs is 1. The Labute approximate surface area is 78.1 Å². The van der Waals surface area contributed by atoms with Gasteiger partial charge in [0.1, 0.15) is 12.3 Å². The van der Waals surface area contributed by atoms with Crippen molar-refractivity contribution in [3.8, 4) is 5.88 Å². The van der Waals surface area contributed by atoms with Crippen molar-refractivity contribution < 1.29 is 4.74 Å². The Hall–Kier alpha value is -1.25. The molecule has 13 heavy (non-hydrogen) atoms. The van der Waals surface area contributed by atoms with E-state index in [4.69, 9.17) is 4.74 Å². The summed E-state index contributed by atoms with van der Waals surface area (Å²) in [5, 5.41) is 3.33. The zero-order chi connectivity index (χ0) is 9.26. The van der Waals surface area contributed by atoms with Gasteiger partial charge in [-0.25, -0.2) is 4.98 Å². The number of rotatable bonds is 1. The number of nitrogens with one attached hydrogen (secondary N) is 1. The maximum absolute atomic E-state index is 5.44. The largest absolute Gasteiger partial charge is 0.474 e. The van der Waals surface area contributed by atoms with E-state index in [1.807, 2.05) is 6.07 Å². The second kappa shape index (κ2) is 3.24. The van der Waals surface area contributed by atoms with Gasteiger partial charge in [0, 0.05) is 12.7 Å². The number of hydrogen-bond donors (Lipinski definition) is 1. The van der Waals surface area contributed by atoms with Crippen LogP contribution in [0.3, 0.4) is 0 Å². The van der Waals surface area contributed by atoms with E-state index in [9.17, 15) is 0 Å². The van der Waals surface area contributed by atoms with Crippen LogP contribution in [-0.2, 0) is 0 Å². The van der Waals surface area contributed by atoms with Crippen molar-refractivity contribution in [1.82, 2.24) is 4.98 Å². The predicted octanol–water partition coefficient (Wildman–Crippen LogP) is 2.01. The van der Waals surface area contributed by atoms with Crippen LogP contribution in [-0.4, -0.2) is 18.1 Å². The second-order valence-corrected chi connectivity index (χ2v) is 3.51. The quantitative estimate of drug-likeness (QED) is 0.714. The third-order valence-corrected chi connectivity index (χ3v) is 2.21. The van der Waals surface area contributed by atoms with Gasteiger partial charge in [0.15, 0.2) is 0 Å². The van der Waals surface area contributed by atoms with Gasteiger partial charge < -0.3 is 10.1 Å². The highest BCUT2D eigenvalue weighted by Crippen LogP contribution is 2.32. The SMILES string of the molecule is CC(C)c1ccnc2c1NCCO2. The molecule has 1 aliphatic heterocycles. The summed E-state index contributed by atoms with van der Waals surface area (Å²) in [6, 6.07) is 2.05. The molecule has 0 aliphatic carbocycles. The highest BCUT2D eigenvalue weighted by atomic mass is 16.5. The standard InChI is InChI=1S/C10H14N2O/c1-7(2)8-3-4-12-10-9(8)11-5-6-13-10/h3-4,7,11H,5-6H2,1-2H3. The molecule has 1 aromatic heterocycles. The van der Waals surface area contributed by atoms with E-state index in [0.717, 1.165) is 18.1 Å². The zero-order valence-corrected chi connectivity index (χ0v) is 8.00. The minimum Gasteiger partial charge on any atom is -0.474 e. The lowest BCUT2D eigenvalue weighted by Gasteiger charge is -2.21. The van der Waals surface area contributed by atoms with Gasteiger partial charge in [-0.3, -0.25) is 0 Å². The molecule has 3 heteroatoms. The van der Waals surface area contributed by atoms with Gasteiger partial charge in [0.2, 0.25) is 5.88 Å². The number of nitrogens with zero attached hydrogens (tertiary/aromatic N) is 1. The van der Waals surface area contributed by atoms with Crippen molar-refractivity contribution in [2.24, 2.45) is 0 Å². The molecule has 0 radical (unpaired) electrons. The summed E-state index contributed by atoms with van der Waals surface area (Å²) >= 11 is 0. The number of ether oxygens (including phenoxy) is 1. The first kappa shape index (κ1) is 8.35.